The highest BCUT2D eigenvalue weighted by molar-refractivity contribution is 5.61. The number of aliphatic hydroxyl groups excluding tert-OH is 1. The summed E-state index contributed by atoms with van der Waals surface area (Å²) < 4.78 is 5.01. The molecule has 1 aromatic carbocycles. The van der Waals surface area contributed by atoms with Crippen LogP contribution in [0.1, 0.15) is 0 Å². The maximum absolute atomic E-state index is 8.53. The molecule has 1 aromatic rings. The van der Waals surface area contributed by atoms with Crippen LogP contribution in [0.2, 0.25) is 0 Å². The third-order valence-electron chi connectivity index (χ3n) is 1.70. The van der Waals surface area contributed by atoms with Crippen LogP contribution in [0.3, 0.4) is 0 Å². The standard InChI is InChI=1S/C9H15N3O2/c1-14-9-3-2-7(6-8(9)10)12-11-4-5-13/h2-3,6,11-13H,4-5,10H2,1H3. The number of benzene rings is 1. The average molecular weight is 197 g/mol. The summed E-state index contributed by atoms with van der Waals surface area (Å²) in [7, 11) is 1.57. The van der Waals surface area contributed by atoms with Gasteiger partial charge in [-0.25, -0.2) is 5.43 Å². The number of anilines is 2. The monoisotopic (exact) mass is 197 g/mol. The Labute approximate surface area is 82.8 Å². The van der Waals surface area contributed by atoms with Crippen LogP contribution in [0.4, 0.5) is 11.4 Å². The third-order valence-corrected chi connectivity index (χ3v) is 1.70. The van der Waals surface area contributed by atoms with Crippen molar-refractivity contribution in [2.45, 2.75) is 0 Å². The lowest BCUT2D eigenvalue weighted by molar-refractivity contribution is 0.296. The van der Waals surface area contributed by atoms with E-state index in [1.165, 1.54) is 0 Å². The summed E-state index contributed by atoms with van der Waals surface area (Å²) in [6.07, 6.45) is 0. The first-order valence-electron chi connectivity index (χ1n) is 4.31. The number of nitrogens with one attached hydrogen (secondary N) is 2. The van der Waals surface area contributed by atoms with Gasteiger partial charge in [0.1, 0.15) is 5.75 Å². The zero-order valence-electron chi connectivity index (χ0n) is 8.08. The fraction of sp³-hybridized carbons (Fsp3) is 0.333. The summed E-state index contributed by atoms with van der Waals surface area (Å²) in [4.78, 5) is 0. The number of aliphatic hydroxyl groups is 1. The molecule has 0 fully saturated rings. The van der Waals surface area contributed by atoms with Gasteiger partial charge in [0.05, 0.1) is 25.1 Å². The molecule has 1 rings (SSSR count). The molecule has 0 aliphatic rings. The van der Waals surface area contributed by atoms with Gasteiger partial charge in [0.15, 0.2) is 0 Å². The molecule has 0 aliphatic heterocycles. The average Bonchev–Trinajstić information content (AvgIpc) is 2.18. The van der Waals surface area contributed by atoms with Gasteiger partial charge in [-0.2, -0.15) is 0 Å². The lowest BCUT2D eigenvalue weighted by atomic mass is 10.2. The van der Waals surface area contributed by atoms with Crippen LogP contribution in [0.25, 0.3) is 0 Å². The summed E-state index contributed by atoms with van der Waals surface area (Å²) in [6.45, 7) is 0.560. The summed E-state index contributed by atoms with van der Waals surface area (Å²) >= 11 is 0. The maximum Gasteiger partial charge on any atom is 0.141 e. The lowest BCUT2D eigenvalue weighted by Crippen LogP contribution is -2.24. The third kappa shape index (κ3) is 2.79. The van der Waals surface area contributed by atoms with Gasteiger partial charge in [-0.1, -0.05) is 0 Å². The minimum atomic E-state index is 0.0820. The number of rotatable bonds is 5. The molecule has 0 unspecified atom stereocenters. The molecule has 0 spiro atoms. The van der Waals surface area contributed by atoms with Crippen molar-refractivity contribution in [1.82, 2.24) is 5.43 Å². The van der Waals surface area contributed by atoms with E-state index in [2.05, 4.69) is 10.9 Å². The van der Waals surface area contributed by atoms with Gasteiger partial charge in [0, 0.05) is 6.54 Å². The molecule has 0 heterocycles. The van der Waals surface area contributed by atoms with Crippen LogP contribution in [-0.4, -0.2) is 25.4 Å². The van der Waals surface area contributed by atoms with Gasteiger partial charge in [0.25, 0.3) is 0 Å². The Hall–Kier alpha value is -1.46. The number of nitrogen functional groups attached to an aromatic ring is 1. The minimum Gasteiger partial charge on any atom is -0.495 e. The van der Waals surface area contributed by atoms with E-state index in [1.807, 2.05) is 6.07 Å². The Kier molecular flexibility index (Phi) is 4.03. The fourth-order valence-corrected chi connectivity index (χ4v) is 1.03. The lowest BCUT2D eigenvalue weighted by Gasteiger charge is -2.09. The molecule has 0 saturated heterocycles. The Balaban J connectivity index is 2.57. The highest BCUT2D eigenvalue weighted by Gasteiger charge is 1.99. The summed E-state index contributed by atoms with van der Waals surface area (Å²) in [5, 5.41) is 8.53. The van der Waals surface area contributed by atoms with Crippen LogP contribution in [0, 0.1) is 0 Å². The Morgan fingerprint density at radius 1 is 1.50 bits per heavy atom. The quantitative estimate of drug-likeness (QED) is 0.308. The number of hydrazine groups is 1. The highest BCUT2D eigenvalue weighted by Crippen LogP contribution is 2.23. The molecule has 14 heavy (non-hydrogen) atoms. The Bertz CT molecular complexity index is 291. The number of hydrogen-bond acceptors (Lipinski definition) is 5. The van der Waals surface area contributed by atoms with Gasteiger partial charge in [-0.15, -0.1) is 0 Å². The predicted octanol–water partition coefficient (Wildman–Crippen LogP) is 0.186. The van der Waals surface area contributed by atoms with Crippen molar-refractivity contribution in [3.05, 3.63) is 18.2 Å². The fourth-order valence-electron chi connectivity index (χ4n) is 1.03. The zero-order valence-corrected chi connectivity index (χ0v) is 8.08. The molecule has 5 N–H and O–H groups in total. The van der Waals surface area contributed by atoms with Crippen molar-refractivity contribution in [2.24, 2.45) is 0 Å². The molecule has 78 valence electrons. The van der Waals surface area contributed by atoms with E-state index in [0.717, 1.165) is 5.69 Å². The molecule has 0 radical (unpaired) electrons. The van der Waals surface area contributed by atoms with Crippen LogP contribution >= 0.6 is 0 Å². The molecule has 0 saturated carbocycles. The van der Waals surface area contributed by atoms with Gasteiger partial charge >= 0.3 is 0 Å². The van der Waals surface area contributed by atoms with E-state index < -0.39 is 0 Å². The van der Waals surface area contributed by atoms with Crippen LogP contribution in [0.5, 0.6) is 5.75 Å². The van der Waals surface area contributed by atoms with Crippen LogP contribution in [-0.2, 0) is 0 Å². The van der Waals surface area contributed by atoms with Gasteiger partial charge in [-0.05, 0) is 18.2 Å². The van der Waals surface area contributed by atoms with Gasteiger partial charge < -0.3 is 21.0 Å². The molecule has 0 amide bonds. The van der Waals surface area contributed by atoms with Crippen molar-refractivity contribution >= 4 is 11.4 Å². The van der Waals surface area contributed by atoms with Gasteiger partial charge in [0.2, 0.25) is 0 Å². The van der Waals surface area contributed by atoms with Crippen LogP contribution in [0.15, 0.2) is 18.2 Å². The van der Waals surface area contributed by atoms with E-state index in [-0.39, 0.29) is 6.61 Å². The molecule has 5 heteroatoms. The molecule has 0 atom stereocenters. The summed E-state index contributed by atoms with van der Waals surface area (Å²) in [5.74, 6) is 0.651. The molecule has 0 aliphatic carbocycles. The molecule has 5 nitrogen and oxygen atoms in total. The molecular formula is C9H15N3O2. The first-order valence-corrected chi connectivity index (χ1v) is 4.31. The van der Waals surface area contributed by atoms with Crippen molar-refractivity contribution in [2.75, 3.05) is 31.4 Å². The Morgan fingerprint density at radius 2 is 2.29 bits per heavy atom. The van der Waals surface area contributed by atoms with Crippen molar-refractivity contribution in [3.63, 3.8) is 0 Å². The van der Waals surface area contributed by atoms with E-state index >= 15 is 0 Å². The molecule has 0 bridgehead atoms. The van der Waals surface area contributed by atoms with Crippen molar-refractivity contribution < 1.29 is 9.84 Å². The van der Waals surface area contributed by atoms with E-state index in [9.17, 15) is 0 Å². The first-order chi connectivity index (χ1) is 6.77. The summed E-state index contributed by atoms with van der Waals surface area (Å²) in [6, 6.07) is 5.36. The van der Waals surface area contributed by atoms with Crippen LogP contribution < -0.4 is 21.3 Å². The maximum atomic E-state index is 8.53. The second-order valence-electron chi connectivity index (χ2n) is 2.73. The molecular weight excluding hydrogens is 182 g/mol. The molecule has 0 aromatic heterocycles. The minimum absolute atomic E-state index is 0.0820. The van der Waals surface area contributed by atoms with Crippen molar-refractivity contribution in [1.29, 1.82) is 0 Å². The van der Waals surface area contributed by atoms with Crippen molar-refractivity contribution in [3.8, 4) is 5.75 Å². The van der Waals surface area contributed by atoms with E-state index in [1.54, 1.807) is 19.2 Å². The number of ether oxygens (including phenoxy) is 1. The SMILES string of the molecule is COc1ccc(NNCCO)cc1N. The number of nitrogens with two attached hydrogens (primary N) is 1. The normalized spacial score (nSPS) is 9.86. The smallest absolute Gasteiger partial charge is 0.141 e. The topological polar surface area (TPSA) is 79.5 Å². The highest BCUT2D eigenvalue weighted by atomic mass is 16.5. The Morgan fingerprint density at radius 3 is 2.86 bits per heavy atom. The summed E-state index contributed by atoms with van der Waals surface area (Å²) in [5.41, 5.74) is 12.8. The number of methoxy groups -OCH3 is 1. The largest absolute Gasteiger partial charge is 0.495 e. The first kappa shape index (κ1) is 10.6. The zero-order chi connectivity index (χ0) is 10.4. The van der Waals surface area contributed by atoms with E-state index in [0.29, 0.717) is 18.0 Å². The second kappa shape index (κ2) is 5.31. The van der Waals surface area contributed by atoms with E-state index in [4.69, 9.17) is 15.6 Å². The predicted molar refractivity (Wildman–Crippen MR) is 56.1 cm³/mol. The number of hydrogen-bond donors (Lipinski definition) is 4. The second-order valence-corrected chi connectivity index (χ2v) is 2.73. The van der Waals surface area contributed by atoms with Gasteiger partial charge in [-0.3, -0.25) is 0 Å².